The third-order valence-electron chi connectivity index (χ3n) is 3.03. The Balaban J connectivity index is 2.37. The number of hydrogen-bond donors (Lipinski definition) is 3. The van der Waals surface area contributed by atoms with Crippen molar-refractivity contribution in [2.24, 2.45) is 4.99 Å². The number of hydrogen-bond acceptors (Lipinski definition) is 5. The van der Waals surface area contributed by atoms with Crippen molar-refractivity contribution in [2.45, 2.75) is 31.2 Å². The molecule has 0 aromatic heterocycles. The Morgan fingerprint density at radius 1 is 1.38 bits per heavy atom. The van der Waals surface area contributed by atoms with Crippen LogP contribution in [0.4, 0.5) is 5.69 Å². The molecule has 8 heteroatoms. The zero-order valence-electron chi connectivity index (χ0n) is 12.0. The van der Waals surface area contributed by atoms with Gasteiger partial charge in [-0.05, 0) is 25.5 Å². The van der Waals surface area contributed by atoms with Gasteiger partial charge in [-0.3, -0.25) is 0 Å². The topological polar surface area (TPSA) is 100 Å². The highest BCUT2D eigenvalue weighted by atomic mass is 32.2. The third-order valence-corrected chi connectivity index (χ3v) is 4.41. The highest BCUT2D eigenvalue weighted by Gasteiger charge is 2.27. The van der Waals surface area contributed by atoms with Gasteiger partial charge in [-0.1, -0.05) is 6.92 Å². The van der Waals surface area contributed by atoms with E-state index >= 15 is 0 Å². The van der Waals surface area contributed by atoms with Gasteiger partial charge in [-0.15, -0.1) is 0 Å². The normalized spacial score (nSPS) is 19.3. The first-order chi connectivity index (χ1) is 10.00. The molecular formula is C13H19N3O4S. The molecule has 116 valence electrons. The third kappa shape index (κ3) is 3.45. The molecule has 21 heavy (non-hydrogen) atoms. The SMILES string of the molecule is CCOc1ccc2c(c1)S(=O)(=O)NC(=NC(CC)CO)N2. The number of aliphatic hydroxyl groups is 1. The molecule has 0 radical (unpaired) electrons. The smallest absolute Gasteiger partial charge is 0.266 e. The summed E-state index contributed by atoms with van der Waals surface area (Å²) in [6.45, 7) is 4.01. The highest BCUT2D eigenvalue weighted by molar-refractivity contribution is 7.90. The Kier molecular flexibility index (Phi) is 4.69. The molecule has 1 aliphatic rings. The van der Waals surface area contributed by atoms with Gasteiger partial charge >= 0.3 is 0 Å². The van der Waals surface area contributed by atoms with Crippen molar-refractivity contribution >= 4 is 21.7 Å². The molecule has 1 unspecified atom stereocenters. The second-order valence-electron chi connectivity index (χ2n) is 4.54. The van der Waals surface area contributed by atoms with Gasteiger partial charge < -0.3 is 15.2 Å². The van der Waals surface area contributed by atoms with Gasteiger partial charge in [-0.2, -0.15) is 0 Å². The lowest BCUT2D eigenvalue weighted by Crippen LogP contribution is -2.41. The molecule has 0 aliphatic carbocycles. The molecule has 2 rings (SSSR count). The van der Waals surface area contributed by atoms with Crippen molar-refractivity contribution in [3.8, 4) is 5.75 Å². The van der Waals surface area contributed by atoms with Crippen LogP contribution >= 0.6 is 0 Å². The van der Waals surface area contributed by atoms with E-state index in [0.29, 0.717) is 24.5 Å². The van der Waals surface area contributed by atoms with E-state index in [9.17, 15) is 8.42 Å². The van der Waals surface area contributed by atoms with Crippen LogP contribution in [-0.4, -0.2) is 38.7 Å². The quantitative estimate of drug-likeness (QED) is 0.750. The van der Waals surface area contributed by atoms with E-state index in [2.05, 4.69) is 15.0 Å². The molecule has 1 aliphatic heterocycles. The van der Waals surface area contributed by atoms with Crippen molar-refractivity contribution in [3.63, 3.8) is 0 Å². The van der Waals surface area contributed by atoms with Gasteiger partial charge in [0.15, 0.2) is 0 Å². The fourth-order valence-electron chi connectivity index (χ4n) is 1.92. The summed E-state index contributed by atoms with van der Waals surface area (Å²) in [5.41, 5.74) is 0.434. The number of rotatable bonds is 5. The molecule has 1 aromatic rings. The standard InChI is InChI=1S/C13H19N3O4S/c1-3-9(8-17)14-13-15-11-6-5-10(20-4-2)7-12(11)21(18,19)16-13/h5-7,9,17H,3-4,8H2,1-2H3,(H2,14,15,16). The summed E-state index contributed by atoms with van der Waals surface area (Å²) >= 11 is 0. The summed E-state index contributed by atoms with van der Waals surface area (Å²) < 4.78 is 32.2. The van der Waals surface area contributed by atoms with E-state index in [0.717, 1.165) is 0 Å². The van der Waals surface area contributed by atoms with Crippen LogP contribution in [0.15, 0.2) is 28.1 Å². The Morgan fingerprint density at radius 3 is 2.76 bits per heavy atom. The van der Waals surface area contributed by atoms with Gasteiger partial charge in [0.25, 0.3) is 10.0 Å². The summed E-state index contributed by atoms with van der Waals surface area (Å²) in [5, 5.41) is 12.1. The van der Waals surface area contributed by atoms with Crippen LogP contribution in [0.25, 0.3) is 0 Å². The number of guanidine groups is 1. The molecule has 1 atom stereocenters. The molecule has 0 fully saturated rings. The average Bonchev–Trinajstić information content (AvgIpc) is 2.45. The summed E-state index contributed by atoms with van der Waals surface area (Å²) in [7, 11) is -3.70. The van der Waals surface area contributed by atoms with Crippen LogP contribution < -0.4 is 14.8 Å². The van der Waals surface area contributed by atoms with E-state index in [4.69, 9.17) is 9.84 Å². The minimum atomic E-state index is -3.70. The van der Waals surface area contributed by atoms with E-state index in [-0.39, 0.29) is 23.5 Å². The first kappa shape index (κ1) is 15.6. The van der Waals surface area contributed by atoms with Crippen molar-refractivity contribution < 1.29 is 18.3 Å². The van der Waals surface area contributed by atoms with Crippen molar-refractivity contribution in [1.82, 2.24) is 4.72 Å². The number of sulfonamides is 1. The van der Waals surface area contributed by atoms with Crippen LogP contribution in [0.3, 0.4) is 0 Å². The zero-order chi connectivity index (χ0) is 15.5. The monoisotopic (exact) mass is 313 g/mol. The molecule has 1 aromatic carbocycles. The number of aliphatic imine (C=N–C) groups is 1. The van der Waals surface area contributed by atoms with E-state index in [1.54, 1.807) is 12.1 Å². The fourth-order valence-corrected chi connectivity index (χ4v) is 3.07. The number of nitrogens with zero attached hydrogens (tertiary/aromatic N) is 1. The van der Waals surface area contributed by atoms with Gasteiger partial charge in [0.2, 0.25) is 5.96 Å². The van der Waals surface area contributed by atoms with Crippen molar-refractivity contribution in [1.29, 1.82) is 0 Å². The second-order valence-corrected chi connectivity index (χ2v) is 6.19. The summed E-state index contributed by atoms with van der Waals surface area (Å²) in [6.07, 6.45) is 0.611. The number of fused-ring (bicyclic) bond motifs is 1. The van der Waals surface area contributed by atoms with Crippen molar-refractivity contribution in [3.05, 3.63) is 18.2 Å². The predicted molar refractivity (Wildman–Crippen MR) is 80.2 cm³/mol. The molecule has 0 saturated heterocycles. The molecule has 0 amide bonds. The highest BCUT2D eigenvalue weighted by Crippen LogP contribution is 2.29. The minimum Gasteiger partial charge on any atom is -0.494 e. The van der Waals surface area contributed by atoms with Crippen LogP contribution in [0.2, 0.25) is 0 Å². The number of aliphatic hydroxyl groups excluding tert-OH is 1. The lowest BCUT2D eigenvalue weighted by Gasteiger charge is -2.23. The van der Waals surface area contributed by atoms with Gasteiger partial charge in [0, 0.05) is 6.07 Å². The first-order valence-electron chi connectivity index (χ1n) is 6.75. The Hall–Kier alpha value is -1.80. The summed E-state index contributed by atoms with van der Waals surface area (Å²) in [6, 6.07) is 4.44. The lowest BCUT2D eigenvalue weighted by molar-refractivity contribution is 0.264. The van der Waals surface area contributed by atoms with E-state index in [1.807, 2.05) is 13.8 Å². The average molecular weight is 313 g/mol. The van der Waals surface area contributed by atoms with Crippen LogP contribution in [-0.2, 0) is 10.0 Å². The minimum absolute atomic E-state index is 0.115. The summed E-state index contributed by atoms with van der Waals surface area (Å²) in [5.74, 6) is 0.609. The molecule has 0 saturated carbocycles. The maximum Gasteiger partial charge on any atom is 0.266 e. The number of nitrogens with one attached hydrogen (secondary N) is 2. The van der Waals surface area contributed by atoms with Gasteiger partial charge in [-0.25, -0.2) is 18.1 Å². The lowest BCUT2D eigenvalue weighted by atomic mass is 10.2. The first-order valence-corrected chi connectivity index (χ1v) is 8.23. The van der Waals surface area contributed by atoms with Crippen LogP contribution in [0.5, 0.6) is 5.75 Å². The van der Waals surface area contributed by atoms with Crippen LogP contribution in [0.1, 0.15) is 20.3 Å². The Morgan fingerprint density at radius 2 is 2.14 bits per heavy atom. The number of anilines is 1. The second kappa shape index (κ2) is 6.31. The molecule has 3 N–H and O–H groups in total. The molecule has 0 spiro atoms. The number of ether oxygens (including phenoxy) is 1. The molecule has 1 heterocycles. The molecule has 0 bridgehead atoms. The van der Waals surface area contributed by atoms with Gasteiger partial charge in [0.1, 0.15) is 10.6 Å². The fraction of sp³-hybridized carbons (Fsp3) is 0.462. The predicted octanol–water partition coefficient (Wildman–Crippen LogP) is 0.916. The maximum atomic E-state index is 12.2. The van der Waals surface area contributed by atoms with E-state index < -0.39 is 10.0 Å². The number of benzene rings is 1. The van der Waals surface area contributed by atoms with Crippen molar-refractivity contribution in [2.75, 3.05) is 18.5 Å². The largest absolute Gasteiger partial charge is 0.494 e. The zero-order valence-corrected chi connectivity index (χ0v) is 12.8. The maximum absolute atomic E-state index is 12.2. The summed E-state index contributed by atoms with van der Waals surface area (Å²) in [4.78, 5) is 4.28. The van der Waals surface area contributed by atoms with Crippen LogP contribution in [0, 0.1) is 0 Å². The molecular weight excluding hydrogens is 294 g/mol. The Labute approximate surface area is 124 Å². The Bertz CT molecular complexity index is 639. The van der Waals surface area contributed by atoms with Gasteiger partial charge in [0.05, 0.1) is 24.9 Å². The van der Waals surface area contributed by atoms with E-state index in [1.165, 1.54) is 6.07 Å². The molecule has 7 nitrogen and oxygen atoms in total.